The second kappa shape index (κ2) is 5.95. The van der Waals surface area contributed by atoms with Crippen LogP contribution in [0.5, 0.6) is 0 Å². The van der Waals surface area contributed by atoms with Crippen LogP contribution in [0.4, 0.5) is 16.2 Å². The minimum atomic E-state index is -0.454. The van der Waals surface area contributed by atoms with Crippen LogP contribution < -0.4 is 10.6 Å². The lowest BCUT2D eigenvalue weighted by Gasteiger charge is -2.27. The lowest BCUT2D eigenvalue weighted by Crippen LogP contribution is -2.37. The van der Waals surface area contributed by atoms with Crippen LogP contribution in [0.25, 0.3) is 11.3 Å². The number of anilines is 2. The Labute approximate surface area is 127 Å². The van der Waals surface area contributed by atoms with Crippen LogP contribution >= 0.6 is 0 Å². The minimum Gasteiger partial charge on any atom is -0.382 e. The maximum absolute atomic E-state index is 14.1. The summed E-state index contributed by atoms with van der Waals surface area (Å²) >= 11 is 0. The van der Waals surface area contributed by atoms with Crippen LogP contribution in [0, 0.1) is 17.1 Å². The SMILES string of the molecule is N#Cc1c(N)nc(N2CCOCC2)nc1-c1ccccc1F. The summed E-state index contributed by atoms with van der Waals surface area (Å²) in [7, 11) is 0. The Hall–Kier alpha value is -2.72. The Balaban J connectivity index is 2.13. The quantitative estimate of drug-likeness (QED) is 0.905. The molecule has 0 aliphatic carbocycles. The van der Waals surface area contributed by atoms with Crippen LogP contribution in [-0.4, -0.2) is 36.3 Å². The van der Waals surface area contributed by atoms with Gasteiger partial charge in [-0.15, -0.1) is 0 Å². The predicted molar refractivity (Wildman–Crippen MR) is 79.6 cm³/mol. The molecular formula is C15H14FN5O. The number of ether oxygens (including phenoxy) is 1. The predicted octanol–water partition coefficient (Wildman–Crippen LogP) is 1.57. The lowest BCUT2D eigenvalue weighted by atomic mass is 10.1. The smallest absolute Gasteiger partial charge is 0.228 e. The molecule has 1 saturated heterocycles. The molecule has 22 heavy (non-hydrogen) atoms. The molecule has 1 fully saturated rings. The highest BCUT2D eigenvalue weighted by Gasteiger charge is 2.20. The van der Waals surface area contributed by atoms with Gasteiger partial charge in [-0.25, -0.2) is 9.37 Å². The fourth-order valence-electron chi connectivity index (χ4n) is 2.33. The molecule has 3 rings (SSSR count). The number of benzene rings is 1. The molecule has 2 N–H and O–H groups in total. The third kappa shape index (κ3) is 2.56. The van der Waals surface area contributed by atoms with Crippen molar-refractivity contribution in [3.05, 3.63) is 35.6 Å². The lowest BCUT2D eigenvalue weighted by molar-refractivity contribution is 0.122. The van der Waals surface area contributed by atoms with Gasteiger partial charge in [0.1, 0.15) is 23.3 Å². The molecule has 2 heterocycles. The summed E-state index contributed by atoms with van der Waals surface area (Å²) in [6.07, 6.45) is 0. The van der Waals surface area contributed by atoms with Gasteiger partial charge in [-0.1, -0.05) is 12.1 Å². The highest BCUT2D eigenvalue weighted by Crippen LogP contribution is 2.29. The maximum Gasteiger partial charge on any atom is 0.228 e. The van der Waals surface area contributed by atoms with Gasteiger partial charge in [0.25, 0.3) is 0 Å². The normalized spacial score (nSPS) is 14.6. The summed E-state index contributed by atoms with van der Waals surface area (Å²) in [6.45, 7) is 2.39. The molecule has 112 valence electrons. The summed E-state index contributed by atoms with van der Waals surface area (Å²) < 4.78 is 19.3. The molecule has 0 unspecified atom stereocenters. The maximum atomic E-state index is 14.1. The highest BCUT2D eigenvalue weighted by atomic mass is 19.1. The van der Waals surface area contributed by atoms with Crippen LogP contribution in [-0.2, 0) is 4.74 Å². The number of hydrogen-bond acceptors (Lipinski definition) is 6. The molecule has 0 saturated carbocycles. The average molecular weight is 299 g/mol. The van der Waals surface area contributed by atoms with E-state index in [4.69, 9.17) is 10.5 Å². The van der Waals surface area contributed by atoms with Gasteiger partial charge < -0.3 is 15.4 Å². The number of halogens is 1. The molecule has 2 aromatic rings. The molecule has 0 amide bonds. The summed E-state index contributed by atoms with van der Waals surface area (Å²) in [5.74, 6) is -0.0136. The Kier molecular flexibility index (Phi) is 3.85. The van der Waals surface area contributed by atoms with Crippen molar-refractivity contribution in [2.24, 2.45) is 0 Å². The zero-order chi connectivity index (χ0) is 15.5. The number of nitrogens with zero attached hydrogens (tertiary/aromatic N) is 4. The van der Waals surface area contributed by atoms with Gasteiger partial charge in [0.15, 0.2) is 0 Å². The van der Waals surface area contributed by atoms with E-state index in [0.717, 1.165) is 0 Å². The van der Waals surface area contributed by atoms with Gasteiger partial charge in [-0.3, -0.25) is 0 Å². The van der Waals surface area contributed by atoms with Crippen LogP contribution in [0.3, 0.4) is 0 Å². The Morgan fingerprint density at radius 3 is 2.64 bits per heavy atom. The number of nitriles is 1. The van der Waals surface area contributed by atoms with E-state index < -0.39 is 5.82 Å². The number of nitrogen functional groups attached to an aromatic ring is 1. The number of morpholine rings is 1. The monoisotopic (exact) mass is 299 g/mol. The zero-order valence-electron chi connectivity index (χ0n) is 11.8. The van der Waals surface area contributed by atoms with E-state index in [1.165, 1.54) is 6.07 Å². The summed E-state index contributed by atoms with van der Waals surface area (Å²) in [6, 6.07) is 8.12. The van der Waals surface area contributed by atoms with Crippen LogP contribution in [0.15, 0.2) is 24.3 Å². The summed E-state index contributed by atoms with van der Waals surface area (Å²) in [5, 5.41) is 9.29. The highest BCUT2D eigenvalue weighted by molar-refractivity contribution is 5.73. The Morgan fingerprint density at radius 1 is 1.23 bits per heavy atom. The first-order valence-corrected chi connectivity index (χ1v) is 6.86. The number of hydrogen-bond donors (Lipinski definition) is 1. The molecular weight excluding hydrogens is 285 g/mol. The average Bonchev–Trinajstić information content (AvgIpc) is 2.55. The number of nitrogens with two attached hydrogens (primary N) is 1. The standard InChI is InChI=1S/C15H14FN5O/c16-12-4-2-1-3-10(12)13-11(9-17)14(18)20-15(19-13)21-5-7-22-8-6-21/h1-4H,5-8H2,(H2,18,19,20). The van der Waals surface area contributed by atoms with E-state index in [0.29, 0.717) is 32.3 Å². The van der Waals surface area contributed by atoms with E-state index in [2.05, 4.69) is 9.97 Å². The molecule has 1 aromatic carbocycles. The Morgan fingerprint density at radius 2 is 1.95 bits per heavy atom. The van der Waals surface area contributed by atoms with Crippen LogP contribution in [0.2, 0.25) is 0 Å². The molecule has 0 bridgehead atoms. The first-order valence-electron chi connectivity index (χ1n) is 6.86. The summed E-state index contributed by atoms with van der Waals surface area (Å²) in [5.41, 5.74) is 6.41. The van der Waals surface area contributed by atoms with Crippen molar-refractivity contribution < 1.29 is 9.13 Å². The van der Waals surface area contributed by atoms with Crippen molar-refractivity contribution in [1.29, 1.82) is 5.26 Å². The first kappa shape index (κ1) is 14.2. The zero-order valence-corrected chi connectivity index (χ0v) is 11.8. The third-order valence-corrected chi connectivity index (χ3v) is 3.46. The van der Waals surface area contributed by atoms with Crippen molar-refractivity contribution in [2.45, 2.75) is 0 Å². The molecule has 0 spiro atoms. The van der Waals surface area contributed by atoms with E-state index in [9.17, 15) is 9.65 Å². The third-order valence-electron chi connectivity index (χ3n) is 3.46. The number of rotatable bonds is 2. The second-order valence-electron chi connectivity index (χ2n) is 4.82. The first-order chi connectivity index (χ1) is 10.7. The summed E-state index contributed by atoms with van der Waals surface area (Å²) in [4.78, 5) is 10.5. The van der Waals surface area contributed by atoms with Crippen molar-refractivity contribution in [2.75, 3.05) is 36.9 Å². The largest absolute Gasteiger partial charge is 0.382 e. The van der Waals surface area contributed by atoms with Crippen molar-refractivity contribution in [3.63, 3.8) is 0 Å². The van der Waals surface area contributed by atoms with Crippen LogP contribution in [0.1, 0.15) is 5.56 Å². The molecule has 6 nitrogen and oxygen atoms in total. The molecule has 1 aliphatic heterocycles. The fourth-order valence-corrected chi connectivity index (χ4v) is 2.33. The van der Waals surface area contributed by atoms with Gasteiger partial charge in [-0.2, -0.15) is 10.2 Å². The van der Waals surface area contributed by atoms with Gasteiger partial charge in [0, 0.05) is 18.7 Å². The van der Waals surface area contributed by atoms with E-state index >= 15 is 0 Å². The van der Waals surface area contributed by atoms with E-state index in [1.807, 2.05) is 11.0 Å². The molecule has 1 aromatic heterocycles. The topological polar surface area (TPSA) is 88.1 Å². The minimum absolute atomic E-state index is 0.0530. The second-order valence-corrected chi connectivity index (χ2v) is 4.82. The van der Waals surface area contributed by atoms with Crippen molar-refractivity contribution >= 4 is 11.8 Å². The molecule has 1 aliphatic rings. The van der Waals surface area contributed by atoms with E-state index in [-0.39, 0.29) is 22.6 Å². The number of aromatic nitrogens is 2. The fraction of sp³-hybridized carbons (Fsp3) is 0.267. The van der Waals surface area contributed by atoms with Crippen molar-refractivity contribution in [3.8, 4) is 17.3 Å². The van der Waals surface area contributed by atoms with E-state index in [1.54, 1.807) is 18.2 Å². The van der Waals surface area contributed by atoms with Gasteiger partial charge in [0.2, 0.25) is 5.95 Å². The molecule has 0 radical (unpaired) electrons. The molecule has 0 atom stereocenters. The van der Waals surface area contributed by atoms with Gasteiger partial charge in [0.05, 0.1) is 18.9 Å². The Bertz CT molecular complexity index is 737. The van der Waals surface area contributed by atoms with Crippen molar-refractivity contribution in [1.82, 2.24) is 9.97 Å². The van der Waals surface area contributed by atoms with Gasteiger partial charge in [-0.05, 0) is 12.1 Å². The molecule has 7 heteroatoms. The van der Waals surface area contributed by atoms with Gasteiger partial charge >= 0.3 is 0 Å².